The van der Waals surface area contributed by atoms with Gasteiger partial charge in [0.15, 0.2) is 17.5 Å². The molecule has 2 aromatic rings. The highest BCUT2D eigenvalue weighted by molar-refractivity contribution is 5.77. The largest absolute Gasteiger partial charge is 0.493 e. The fourth-order valence-corrected chi connectivity index (χ4v) is 2.36. The number of nitrogens with zero attached hydrogens (tertiary/aromatic N) is 1. The van der Waals surface area contributed by atoms with Crippen LogP contribution in [-0.4, -0.2) is 39.9 Å². The Morgan fingerprint density at radius 2 is 2.04 bits per heavy atom. The SMILES string of the molecule is COc1ccc(CCNC(N)=NCCCOCc2ccco2)cc1OC. The average molecular weight is 361 g/mol. The lowest BCUT2D eigenvalue weighted by molar-refractivity contribution is 0.105. The van der Waals surface area contributed by atoms with E-state index in [-0.39, 0.29) is 0 Å². The molecule has 26 heavy (non-hydrogen) atoms. The van der Waals surface area contributed by atoms with Crippen LogP contribution in [-0.2, 0) is 17.8 Å². The quantitative estimate of drug-likeness (QED) is 0.363. The van der Waals surface area contributed by atoms with Crippen LogP contribution in [0.3, 0.4) is 0 Å². The van der Waals surface area contributed by atoms with Gasteiger partial charge >= 0.3 is 0 Å². The van der Waals surface area contributed by atoms with E-state index in [1.165, 1.54) is 0 Å². The van der Waals surface area contributed by atoms with Crippen molar-refractivity contribution in [3.8, 4) is 11.5 Å². The van der Waals surface area contributed by atoms with Gasteiger partial charge in [0.05, 0.1) is 20.5 Å². The van der Waals surface area contributed by atoms with Gasteiger partial charge in [0.1, 0.15) is 12.4 Å². The minimum atomic E-state index is 0.441. The van der Waals surface area contributed by atoms with E-state index in [1.807, 2.05) is 30.3 Å². The van der Waals surface area contributed by atoms with Gasteiger partial charge < -0.3 is 29.7 Å². The Morgan fingerprint density at radius 1 is 1.19 bits per heavy atom. The van der Waals surface area contributed by atoms with Gasteiger partial charge in [-0.1, -0.05) is 6.07 Å². The van der Waals surface area contributed by atoms with E-state index in [0.717, 1.165) is 35.7 Å². The summed E-state index contributed by atoms with van der Waals surface area (Å²) in [6, 6.07) is 9.60. The zero-order valence-electron chi connectivity index (χ0n) is 15.4. The van der Waals surface area contributed by atoms with Crippen LogP contribution >= 0.6 is 0 Å². The number of aliphatic imine (C=N–C) groups is 1. The number of nitrogens with one attached hydrogen (secondary N) is 1. The van der Waals surface area contributed by atoms with Gasteiger partial charge in [-0.3, -0.25) is 4.99 Å². The number of hydrogen-bond acceptors (Lipinski definition) is 5. The Morgan fingerprint density at radius 3 is 2.77 bits per heavy atom. The van der Waals surface area contributed by atoms with Gasteiger partial charge in [-0.2, -0.15) is 0 Å². The normalized spacial score (nSPS) is 11.4. The van der Waals surface area contributed by atoms with E-state index >= 15 is 0 Å². The minimum Gasteiger partial charge on any atom is -0.493 e. The molecule has 7 nitrogen and oxygen atoms in total. The van der Waals surface area contributed by atoms with Crippen LogP contribution in [0.15, 0.2) is 46.0 Å². The molecular formula is C19H27N3O4. The van der Waals surface area contributed by atoms with E-state index in [0.29, 0.717) is 32.3 Å². The van der Waals surface area contributed by atoms with E-state index in [1.54, 1.807) is 20.5 Å². The fourth-order valence-electron chi connectivity index (χ4n) is 2.36. The molecule has 0 bridgehead atoms. The van der Waals surface area contributed by atoms with E-state index in [9.17, 15) is 0 Å². The van der Waals surface area contributed by atoms with E-state index in [2.05, 4.69) is 10.3 Å². The number of guanidine groups is 1. The number of ether oxygens (including phenoxy) is 3. The molecule has 0 fully saturated rings. The smallest absolute Gasteiger partial charge is 0.188 e. The number of furan rings is 1. The van der Waals surface area contributed by atoms with Crippen LogP contribution in [0, 0.1) is 0 Å². The molecule has 0 atom stereocenters. The Hall–Kier alpha value is -2.67. The third kappa shape index (κ3) is 6.68. The van der Waals surface area contributed by atoms with Crippen LogP contribution in [0.1, 0.15) is 17.7 Å². The summed E-state index contributed by atoms with van der Waals surface area (Å²) in [5, 5.41) is 3.11. The molecule has 0 aliphatic rings. The van der Waals surface area contributed by atoms with Crippen molar-refractivity contribution in [3.05, 3.63) is 47.9 Å². The molecule has 0 amide bonds. The van der Waals surface area contributed by atoms with Crippen LogP contribution < -0.4 is 20.5 Å². The number of hydrogen-bond donors (Lipinski definition) is 2. The summed E-state index contributed by atoms with van der Waals surface area (Å²) >= 11 is 0. The summed E-state index contributed by atoms with van der Waals surface area (Å²) in [6.07, 6.45) is 3.25. The Balaban J connectivity index is 1.60. The second-order valence-corrected chi connectivity index (χ2v) is 5.62. The lowest BCUT2D eigenvalue weighted by Crippen LogP contribution is -2.33. The number of methoxy groups -OCH3 is 2. The highest BCUT2D eigenvalue weighted by atomic mass is 16.5. The third-order valence-corrected chi connectivity index (χ3v) is 3.72. The average Bonchev–Trinajstić information content (AvgIpc) is 3.17. The Bertz CT molecular complexity index is 671. The van der Waals surface area contributed by atoms with Crippen LogP contribution in [0.25, 0.3) is 0 Å². The predicted octanol–water partition coefficient (Wildman–Crippen LogP) is 2.35. The molecule has 0 saturated heterocycles. The maximum atomic E-state index is 5.87. The maximum Gasteiger partial charge on any atom is 0.188 e. The summed E-state index contributed by atoms with van der Waals surface area (Å²) in [5.41, 5.74) is 7.00. The third-order valence-electron chi connectivity index (χ3n) is 3.72. The molecule has 1 aromatic carbocycles. The predicted molar refractivity (Wildman–Crippen MR) is 101 cm³/mol. The second-order valence-electron chi connectivity index (χ2n) is 5.62. The molecule has 0 spiro atoms. The molecule has 1 aromatic heterocycles. The summed E-state index contributed by atoms with van der Waals surface area (Å²) in [4.78, 5) is 4.29. The van der Waals surface area contributed by atoms with Crippen molar-refractivity contribution < 1.29 is 18.6 Å². The van der Waals surface area contributed by atoms with Crippen molar-refractivity contribution in [3.63, 3.8) is 0 Å². The first-order chi connectivity index (χ1) is 12.7. The first-order valence-corrected chi connectivity index (χ1v) is 8.57. The number of nitrogens with two attached hydrogens (primary N) is 1. The summed E-state index contributed by atoms with van der Waals surface area (Å²) in [7, 11) is 3.25. The van der Waals surface area contributed by atoms with Gasteiger partial charge in [0.25, 0.3) is 0 Å². The summed E-state index contributed by atoms with van der Waals surface area (Å²) in [6.45, 7) is 2.41. The standard InChI is InChI=1S/C19H27N3O4/c1-23-17-7-6-15(13-18(17)24-2)8-10-22-19(20)21-9-4-11-25-14-16-5-3-12-26-16/h3,5-7,12-13H,4,8-11,14H2,1-2H3,(H3,20,21,22). The molecule has 0 saturated carbocycles. The first kappa shape index (κ1) is 19.7. The number of benzene rings is 1. The van der Waals surface area contributed by atoms with E-state index in [4.69, 9.17) is 24.4 Å². The van der Waals surface area contributed by atoms with Crippen molar-refractivity contribution in [1.82, 2.24) is 5.32 Å². The van der Waals surface area contributed by atoms with Gasteiger partial charge in [-0.25, -0.2) is 0 Å². The van der Waals surface area contributed by atoms with Crippen LogP contribution in [0.2, 0.25) is 0 Å². The summed E-state index contributed by atoms with van der Waals surface area (Å²) < 4.78 is 21.2. The zero-order chi connectivity index (χ0) is 18.6. The van der Waals surface area contributed by atoms with Crippen molar-refractivity contribution in [2.45, 2.75) is 19.4 Å². The van der Waals surface area contributed by atoms with Crippen molar-refractivity contribution in [2.75, 3.05) is 33.9 Å². The molecule has 0 unspecified atom stereocenters. The summed E-state index contributed by atoms with van der Waals surface area (Å²) in [5.74, 6) is 2.71. The Kier molecular flexibility index (Phi) is 8.35. The fraction of sp³-hybridized carbons (Fsp3) is 0.421. The monoisotopic (exact) mass is 361 g/mol. The topological polar surface area (TPSA) is 91.2 Å². The van der Waals surface area contributed by atoms with Gasteiger partial charge in [-0.15, -0.1) is 0 Å². The molecule has 0 aliphatic carbocycles. The van der Waals surface area contributed by atoms with Crippen molar-refractivity contribution in [1.29, 1.82) is 0 Å². The van der Waals surface area contributed by atoms with Gasteiger partial charge in [-0.05, 0) is 42.7 Å². The Labute approximate surface area is 154 Å². The molecule has 2 rings (SSSR count). The zero-order valence-corrected chi connectivity index (χ0v) is 15.4. The molecule has 0 aliphatic heterocycles. The molecule has 7 heteroatoms. The lowest BCUT2D eigenvalue weighted by atomic mass is 10.1. The van der Waals surface area contributed by atoms with Gasteiger partial charge in [0.2, 0.25) is 0 Å². The lowest BCUT2D eigenvalue weighted by Gasteiger charge is -2.10. The number of rotatable bonds is 11. The van der Waals surface area contributed by atoms with Crippen LogP contribution in [0.5, 0.6) is 11.5 Å². The van der Waals surface area contributed by atoms with Crippen molar-refractivity contribution >= 4 is 5.96 Å². The minimum absolute atomic E-state index is 0.441. The molecular weight excluding hydrogens is 334 g/mol. The van der Waals surface area contributed by atoms with Crippen LogP contribution in [0.4, 0.5) is 0 Å². The highest BCUT2D eigenvalue weighted by Crippen LogP contribution is 2.27. The van der Waals surface area contributed by atoms with Gasteiger partial charge in [0, 0.05) is 19.7 Å². The molecule has 0 radical (unpaired) electrons. The maximum absolute atomic E-state index is 5.87. The second kappa shape index (κ2) is 11.0. The molecule has 3 N–H and O–H groups in total. The first-order valence-electron chi connectivity index (χ1n) is 8.57. The van der Waals surface area contributed by atoms with Crippen molar-refractivity contribution in [2.24, 2.45) is 10.7 Å². The van der Waals surface area contributed by atoms with E-state index < -0.39 is 0 Å². The molecule has 1 heterocycles. The highest BCUT2D eigenvalue weighted by Gasteiger charge is 2.04. The molecule has 142 valence electrons.